The monoisotopic (exact) mass is 555 g/mol. The van der Waals surface area contributed by atoms with Crippen molar-refractivity contribution in [1.29, 1.82) is 0 Å². The van der Waals surface area contributed by atoms with Gasteiger partial charge < -0.3 is 19.5 Å². The van der Waals surface area contributed by atoms with Crippen molar-refractivity contribution >= 4 is 16.1 Å². The van der Waals surface area contributed by atoms with E-state index in [4.69, 9.17) is 9.47 Å². The molecule has 1 amide bonds. The molecule has 0 bridgehead atoms. The zero-order chi connectivity index (χ0) is 28.4. The lowest BCUT2D eigenvalue weighted by Crippen LogP contribution is -2.51. The van der Waals surface area contributed by atoms with Gasteiger partial charge >= 0.3 is 6.09 Å². The second-order valence-electron chi connectivity index (χ2n) is 9.70. The zero-order valence-electron chi connectivity index (χ0n) is 22.8. The van der Waals surface area contributed by atoms with Crippen molar-refractivity contribution in [2.24, 2.45) is 5.92 Å². The number of nitrogens with zero attached hydrogens (tertiary/aromatic N) is 3. The molecular weight excluding hydrogens is 518 g/mol. The molecule has 0 aliphatic carbocycles. The van der Waals surface area contributed by atoms with E-state index in [0.717, 1.165) is 5.56 Å². The summed E-state index contributed by atoms with van der Waals surface area (Å²) in [5, 5.41) is 11.5. The van der Waals surface area contributed by atoms with Gasteiger partial charge in [0.25, 0.3) is 0 Å². The molecular formula is C29H37N3O6S. The first kappa shape index (κ1) is 30.1. The van der Waals surface area contributed by atoms with Crippen molar-refractivity contribution in [1.82, 2.24) is 14.2 Å². The Bertz CT molecular complexity index is 1270. The van der Waals surface area contributed by atoms with Gasteiger partial charge in [0.2, 0.25) is 10.0 Å². The molecule has 1 heterocycles. The summed E-state index contributed by atoms with van der Waals surface area (Å²) >= 11 is 0. The van der Waals surface area contributed by atoms with Crippen molar-refractivity contribution in [3.05, 3.63) is 90.3 Å². The Labute approximate surface area is 231 Å². The molecule has 0 aliphatic rings. The second-order valence-corrected chi connectivity index (χ2v) is 11.6. The molecule has 0 aliphatic heterocycles. The zero-order valence-corrected chi connectivity index (χ0v) is 23.6. The molecule has 0 unspecified atom stereocenters. The maximum absolute atomic E-state index is 13.6. The van der Waals surface area contributed by atoms with Crippen LogP contribution in [0.4, 0.5) is 4.79 Å². The molecule has 0 fully saturated rings. The Morgan fingerprint density at radius 2 is 1.64 bits per heavy atom. The quantitative estimate of drug-likeness (QED) is 0.340. The summed E-state index contributed by atoms with van der Waals surface area (Å²) in [6.45, 7) is 3.78. The van der Waals surface area contributed by atoms with Crippen LogP contribution >= 0.6 is 0 Å². The summed E-state index contributed by atoms with van der Waals surface area (Å²) in [4.78, 5) is 18.6. The van der Waals surface area contributed by atoms with Crippen LogP contribution < -0.4 is 4.74 Å². The number of pyridine rings is 1. The highest BCUT2D eigenvalue weighted by Gasteiger charge is 2.34. The standard InChI is InChI=1S/C29H37N3O6S/c1-22(2)19-32(39(35,36)26-15-13-25(37-4)14-16-26)20-28(33)27(18-23-10-6-5-7-11-23)31(3)29(34)38-21-24-12-8-9-17-30-24/h5-17,22,27-28,33H,18-21H2,1-4H3/t27-,28+/m0/s1. The largest absolute Gasteiger partial charge is 0.497 e. The molecule has 210 valence electrons. The van der Waals surface area contributed by atoms with Crippen LogP contribution in [0, 0.1) is 5.92 Å². The number of carbonyl (C=O) groups is 1. The van der Waals surface area contributed by atoms with E-state index >= 15 is 0 Å². The highest BCUT2D eigenvalue weighted by Crippen LogP contribution is 2.23. The summed E-state index contributed by atoms with van der Waals surface area (Å²) in [5.41, 5.74) is 1.48. The van der Waals surface area contributed by atoms with Crippen molar-refractivity contribution in [3.8, 4) is 5.75 Å². The normalized spacial score (nSPS) is 13.2. The number of sulfonamides is 1. The van der Waals surface area contributed by atoms with Crippen LogP contribution in [0.2, 0.25) is 0 Å². The van der Waals surface area contributed by atoms with Gasteiger partial charge in [-0.15, -0.1) is 0 Å². The van der Waals surface area contributed by atoms with E-state index in [1.165, 1.54) is 28.4 Å². The Morgan fingerprint density at radius 1 is 0.974 bits per heavy atom. The number of aliphatic hydroxyl groups excluding tert-OH is 1. The molecule has 3 rings (SSSR count). The van der Waals surface area contributed by atoms with Gasteiger partial charge in [0.15, 0.2) is 0 Å². The molecule has 0 spiro atoms. The number of ether oxygens (including phenoxy) is 2. The lowest BCUT2D eigenvalue weighted by molar-refractivity contribution is 0.0328. The maximum atomic E-state index is 13.6. The molecule has 1 N–H and O–H groups in total. The minimum Gasteiger partial charge on any atom is -0.497 e. The smallest absolute Gasteiger partial charge is 0.410 e. The van der Waals surface area contributed by atoms with E-state index in [2.05, 4.69) is 4.98 Å². The van der Waals surface area contributed by atoms with Gasteiger partial charge in [0.05, 0.1) is 29.8 Å². The van der Waals surface area contributed by atoms with Crippen molar-refractivity contribution in [2.45, 2.75) is 43.9 Å². The number of hydrogen-bond acceptors (Lipinski definition) is 7. The third-order valence-corrected chi connectivity index (χ3v) is 8.09. The maximum Gasteiger partial charge on any atom is 0.410 e. The summed E-state index contributed by atoms with van der Waals surface area (Å²) in [5.74, 6) is 0.539. The average Bonchev–Trinajstić information content (AvgIpc) is 2.94. The fraction of sp³-hybridized carbons (Fsp3) is 0.379. The van der Waals surface area contributed by atoms with Crippen molar-refractivity contribution in [2.75, 3.05) is 27.2 Å². The SMILES string of the molecule is COc1ccc(S(=O)(=O)N(CC(C)C)C[C@@H](O)[C@H](Cc2ccccc2)N(C)C(=O)OCc2ccccn2)cc1. The first-order chi connectivity index (χ1) is 18.6. The first-order valence-corrected chi connectivity index (χ1v) is 14.2. The van der Waals surface area contributed by atoms with E-state index < -0.39 is 28.3 Å². The number of carbonyl (C=O) groups excluding carboxylic acids is 1. The Balaban J connectivity index is 1.84. The number of aliphatic hydroxyl groups is 1. The summed E-state index contributed by atoms with van der Waals surface area (Å²) in [6, 6.07) is 20.1. The van der Waals surface area contributed by atoms with Crippen LogP contribution in [0.3, 0.4) is 0 Å². The number of methoxy groups -OCH3 is 1. The van der Waals surface area contributed by atoms with Crippen LogP contribution in [0.15, 0.2) is 83.9 Å². The number of hydrogen-bond donors (Lipinski definition) is 1. The molecule has 0 radical (unpaired) electrons. The van der Waals surface area contributed by atoms with Crippen molar-refractivity contribution < 1.29 is 27.8 Å². The Morgan fingerprint density at radius 3 is 2.23 bits per heavy atom. The van der Waals surface area contributed by atoms with Gasteiger partial charge in [-0.25, -0.2) is 13.2 Å². The second kappa shape index (κ2) is 14.1. The molecule has 2 atom stereocenters. The van der Waals surface area contributed by atoms with Gasteiger partial charge in [0, 0.05) is 26.3 Å². The topological polar surface area (TPSA) is 109 Å². The minimum absolute atomic E-state index is 0.00105. The summed E-state index contributed by atoms with van der Waals surface area (Å²) in [7, 11) is -0.886. The predicted molar refractivity (Wildman–Crippen MR) is 149 cm³/mol. The first-order valence-electron chi connectivity index (χ1n) is 12.8. The van der Waals surface area contributed by atoms with Crippen LogP contribution in [-0.2, 0) is 27.8 Å². The van der Waals surface area contributed by atoms with Gasteiger partial charge in [-0.3, -0.25) is 4.98 Å². The Kier molecular flexibility index (Phi) is 10.8. The van der Waals surface area contributed by atoms with E-state index in [-0.39, 0.29) is 30.5 Å². The third kappa shape index (κ3) is 8.51. The molecule has 0 saturated heterocycles. The van der Waals surface area contributed by atoms with E-state index in [9.17, 15) is 18.3 Å². The number of likely N-dealkylation sites (N-methyl/N-ethyl adjacent to an activating group) is 1. The van der Waals surface area contributed by atoms with Crippen LogP contribution in [0.1, 0.15) is 25.1 Å². The van der Waals surface area contributed by atoms with E-state index in [1.54, 1.807) is 43.6 Å². The van der Waals surface area contributed by atoms with Gasteiger partial charge in [-0.1, -0.05) is 50.2 Å². The molecule has 10 heteroatoms. The minimum atomic E-state index is -3.94. The lowest BCUT2D eigenvalue weighted by Gasteiger charge is -2.34. The average molecular weight is 556 g/mol. The number of rotatable bonds is 13. The molecule has 1 aromatic heterocycles. The van der Waals surface area contributed by atoms with E-state index in [1.807, 2.05) is 44.2 Å². The number of benzene rings is 2. The van der Waals surface area contributed by atoms with Gasteiger partial charge in [0.1, 0.15) is 12.4 Å². The van der Waals surface area contributed by atoms with Crippen LogP contribution in [0.25, 0.3) is 0 Å². The van der Waals surface area contributed by atoms with E-state index in [0.29, 0.717) is 17.9 Å². The summed E-state index contributed by atoms with van der Waals surface area (Å²) in [6.07, 6.45) is 0.0647. The predicted octanol–water partition coefficient (Wildman–Crippen LogP) is 3.98. The molecule has 3 aromatic rings. The number of amides is 1. The van der Waals surface area contributed by atoms with Gasteiger partial charge in [-0.05, 0) is 54.3 Å². The molecule has 39 heavy (non-hydrogen) atoms. The highest BCUT2D eigenvalue weighted by molar-refractivity contribution is 7.89. The van der Waals surface area contributed by atoms with Crippen molar-refractivity contribution in [3.63, 3.8) is 0 Å². The molecule has 0 saturated carbocycles. The Hall–Kier alpha value is -3.47. The highest BCUT2D eigenvalue weighted by atomic mass is 32.2. The third-order valence-electron chi connectivity index (χ3n) is 6.24. The molecule has 2 aromatic carbocycles. The fourth-order valence-corrected chi connectivity index (χ4v) is 5.77. The van der Waals surface area contributed by atoms with Crippen LogP contribution in [0.5, 0.6) is 5.75 Å². The molecule has 9 nitrogen and oxygen atoms in total. The van der Waals surface area contributed by atoms with Gasteiger partial charge in [-0.2, -0.15) is 4.31 Å². The van der Waals surface area contributed by atoms with Crippen LogP contribution in [-0.4, -0.2) is 73.2 Å². The lowest BCUT2D eigenvalue weighted by atomic mass is 10.00. The summed E-state index contributed by atoms with van der Waals surface area (Å²) < 4.78 is 39.1. The fourth-order valence-electron chi connectivity index (χ4n) is 4.15. The number of aromatic nitrogens is 1.